The molecule has 0 radical (unpaired) electrons. The van der Waals surface area contributed by atoms with Gasteiger partial charge in [0.1, 0.15) is 0 Å². The summed E-state index contributed by atoms with van der Waals surface area (Å²) in [5.41, 5.74) is 6.47. The molecule has 31 heavy (non-hydrogen) atoms. The van der Waals surface area contributed by atoms with E-state index >= 15 is 0 Å². The molecular formula is C30H24S. The topological polar surface area (TPSA) is 0 Å². The van der Waals surface area contributed by atoms with E-state index in [0.717, 1.165) is 6.42 Å². The van der Waals surface area contributed by atoms with Crippen LogP contribution in [0.4, 0.5) is 0 Å². The lowest BCUT2D eigenvalue weighted by Gasteiger charge is -2.36. The van der Waals surface area contributed by atoms with Gasteiger partial charge in [-0.15, -0.1) is 11.8 Å². The maximum atomic E-state index is 2.47. The Hall–Kier alpha value is -3.29. The third-order valence-electron chi connectivity index (χ3n) is 5.70. The highest BCUT2D eigenvalue weighted by Gasteiger charge is 2.35. The third-order valence-corrected chi connectivity index (χ3v) is 7.14. The molecule has 0 saturated carbocycles. The Kier molecular flexibility index (Phi) is 5.60. The van der Waals surface area contributed by atoms with E-state index in [2.05, 4.69) is 133 Å². The van der Waals surface area contributed by atoms with Crippen LogP contribution in [-0.4, -0.2) is 0 Å². The minimum Gasteiger partial charge on any atom is -0.109 e. The average molecular weight is 417 g/mol. The Morgan fingerprint density at radius 3 is 1.68 bits per heavy atom. The van der Waals surface area contributed by atoms with Crippen molar-refractivity contribution in [1.82, 2.24) is 0 Å². The molecule has 1 aliphatic heterocycles. The van der Waals surface area contributed by atoms with E-state index in [1.54, 1.807) is 0 Å². The summed E-state index contributed by atoms with van der Waals surface area (Å²) in [5, 5.41) is 0. The van der Waals surface area contributed by atoms with Crippen LogP contribution in [0.1, 0.15) is 22.3 Å². The lowest BCUT2D eigenvalue weighted by molar-refractivity contribution is 0.768. The largest absolute Gasteiger partial charge is 0.109 e. The Balaban J connectivity index is 1.70. The molecule has 0 aliphatic carbocycles. The molecule has 1 heteroatoms. The predicted octanol–water partition coefficient (Wildman–Crippen LogP) is 8.00. The van der Waals surface area contributed by atoms with Crippen LogP contribution in [0.2, 0.25) is 0 Å². The minimum absolute atomic E-state index is 0.187. The van der Waals surface area contributed by atoms with Crippen molar-refractivity contribution >= 4 is 22.2 Å². The summed E-state index contributed by atoms with van der Waals surface area (Å²) in [7, 11) is 0. The van der Waals surface area contributed by atoms with E-state index in [-0.39, 0.29) is 4.75 Å². The van der Waals surface area contributed by atoms with Gasteiger partial charge in [-0.2, -0.15) is 0 Å². The van der Waals surface area contributed by atoms with E-state index in [1.165, 1.54) is 32.7 Å². The molecule has 150 valence electrons. The molecule has 0 unspecified atom stereocenters. The van der Waals surface area contributed by atoms with Crippen molar-refractivity contribution in [1.29, 1.82) is 0 Å². The zero-order valence-electron chi connectivity index (χ0n) is 17.3. The van der Waals surface area contributed by atoms with Gasteiger partial charge in [-0.1, -0.05) is 127 Å². The van der Waals surface area contributed by atoms with Crippen molar-refractivity contribution in [2.45, 2.75) is 11.2 Å². The normalized spacial score (nSPS) is 18.2. The summed E-state index contributed by atoms with van der Waals surface area (Å²) in [6.07, 6.45) is 5.76. The molecule has 0 N–H and O–H groups in total. The van der Waals surface area contributed by atoms with Crippen LogP contribution in [0.15, 0.2) is 133 Å². The molecule has 5 rings (SSSR count). The first-order valence-corrected chi connectivity index (χ1v) is 11.5. The Bertz CT molecular complexity index is 1190. The van der Waals surface area contributed by atoms with Gasteiger partial charge < -0.3 is 0 Å². The van der Waals surface area contributed by atoms with E-state index in [9.17, 15) is 0 Å². The van der Waals surface area contributed by atoms with Gasteiger partial charge in [0.05, 0.1) is 4.75 Å². The van der Waals surface area contributed by atoms with Crippen molar-refractivity contribution in [2.75, 3.05) is 0 Å². The summed E-state index contributed by atoms with van der Waals surface area (Å²) in [4.78, 5) is 1.31. The quantitative estimate of drug-likeness (QED) is 0.318. The summed E-state index contributed by atoms with van der Waals surface area (Å²) < 4.78 is -0.187. The fourth-order valence-electron chi connectivity index (χ4n) is 4.18. The standard InChI is InChI=1S/C30H24S/c1-5-13-24(14-6-1)22-30(28-19-11-4-12-20-28)23-27(25-15-7-2-8-16-25)21-29(31-30)26-17-9-3-10-18-26/h1-21,23H,22H2/t30-/m1/s1. The fourth-order valence-corrected chi connectivity index (χ4v) is 5.69. The van der Waals surface area contributed by atoms with Crippen molar-refractivity contribution in [3.8, 4) is 0 Å². The SMILES string of the molecule is C1=C(c2ccccc2)C=C(c2ccccc2)S[C@@]1(Cc1ccccc1)c1ccccc1. The third kappa shape index (κ3) is 4.28. The predicted molar refractivity (Wildman–Crippen MR) is 135 cm³/mol. The van der Waals surface area contributed by atoms with Crippen molar-refractivity contribution in [3.63, 3.8) is 0 Å². The molecule has 0 aromatic heterocycles. The molecule has 1 atom stereocenters. The molecule has 4 aromatic rings. The molecule has 0 bridgehead atoms. The number of rotatable bonds is 5. The second kappa shape index (κ2) is 8.83. The fraction of sp³-hybridized carbons (Fsp3) is 0.0667. The van der Waals surface area contributed by atoms with E-state index < -0.39 is 0 Å². The van der Waals surface area contributed by atoms with Crippen molar-refractivity contribution in [3.05, 3.63) is 156 Å². The maximum absolute atomic E-state index is 2.47. The van der Waals surface area contributed by atoms with E-state index in [0.29, 0.717) is 0 Å². The Morgan fingerprint density at radius 2 is 1.06 bits per heavy atom. The van der Waals surface area contributed by atoms with Crippen LogP contribution < -0.4 is 0 Å². The first-order chi connectivity index (χ1) is 15.3. The van der Waals surface area contributed by atoms with Crippen LogP contribution in [-0.2, 0) is 11.2 Å². The van der Waals surface area contributed by atoms with Crippen molar-refractivity contribution < 1.29 is 0 Å². The summed E-state index contributed by atoms with van der Waals surface area (Å²) in [6, 6.07) is 43.3. The minimum atomic E-state index is -0.187. The molecule has 0 fully saturated rings. The smallest absolute Gasteiger partial charge is 0.0684 e. The van der Waals surface area contributed by atoms with Gasteiger partial charge in [0, 0.05) is 4.91 Å². The molecule has 1 heterocycles. The lowest BCUT2D eigenvalue weighted by Crippen LogP contribution is -2.25. The van der Waals surface area contributed by atoms with Crippen LogP contribution in [0.3, 0.4) is 0 Å². The summed E-state index contributed by atoms with van der Waals surface area (Å²) in [6.45, 7) is 0. The molecule has 0 spiro atoms. The number of benzene rings is 4. The van der Waals surface area contributed by atoms with Crippen molar-refractivity contribution in [2.24, 2.45) is 0 Å². The monoisotopic (exact) mass is 416 g/mol. The first-order valence-electron chi connectivity index (χ1n) is 10.7. The van der Waals surface area contributed by atoms with Gasteiger partial charge in [0.15, 0.2) is 0 Å². The lowest BCUT2D eigenvalue weighted by atomic mass is 9.87. The summed E-state index contributed by atoms with van der Waals surface area (Å²) >= 11 is 1.96. The van der Waals surface area contributed by atoms with Crippen LogP contribution in [0.5, 0.6) is 0 Å². The van der Waals surface area contributed by atoms with Crippen LogP contribution >= 0.6 is 11.8 Å². The van der Waals surface area contributed by atoms with Gasteiger partial charge in [0.2, 0.25) is 0 Å². The molecule has 0 saturated heterocycles. The maximum Gasteiger partial charge on any atom is 0.0684 e. The van der Waals surface area contributed by atoms with Crippen LogP contribution in [0, 0.1) is 0 Å². The molecule has 4 aromatic carbocycles. The Labute approximate surface area is 189 Å². The summed E-state index contributed by atoms with van der Waals surface area (Å²) in [5.74, 6) is 0. The Morgan fingerprint density at radius 1 is 0.548 bits per heavy atom. The molecule has 1 aliphatic rings. The first kappa shape index (κ1) is 19.7. The molecular weight excluding hydrogens is 392 g/mol. The highest BCUT2D eigenvalue weighted by atomic mass is 32.2. The second-order valence-electron chi connectivity index (χ2n) is 7.86. The number of hydrogen-bond acceptors (Lipinski definition) is 1. The van der Waals surface area contributed by atoms with Gasteiger partial charge >= 0.3 is 0 Å². The van der Waals surface area contributed by atoms with Gasteiger partial charge in [-0.3, -0.25) is 0 Å². The highest BCUT2D eigenvalue weighted by Crippen LogP contribution is 2.53. The number of thioether (sulfide) groups is 1. The van der Waals surface area contributed by atoms with E-state index in [4.69, 9.17) is 0 Å². The molecule has 0 amide bonds. The van der Waals surface area contributed by atoms with Crippen LogP contribution in [0.25, 0.3) is 10.5 Å². The zero-order valence-corrected chi connectivity index (χ0v) is 18.1. The highest BCUT2D eigenvalue weighted by molar-refractivity contribution is 8.09. The second-order valence-corrected chi connectivity index (χ2v) is 9.23. The van der Waals surface area contributed by atoms with Gasteiger partial charge in [-0.25, -0.2) is 0 Å². The number of hydrogen-bond donors (Lipinski definition) is 0. The van der Waals surface area contributed by atoms with Gasteiger partial charge in [0.25, 0.3) is 0 Å². The average Bonchev–Trinajstić information content (AvgIpc) is 2.86. The van der Waals surface area contributed by atoms with Gasteiger partial charge in [-0.05, 0) is 40.3 Å². The molecule has 0 nitrogen and oxygen atoms in total. The number of allylic oxidation sites excluding steroid dienone is 2. The zero-order chi connectivity index (χ0) is 20.9. The van der Waals surface area contributed by atoms with E-state index in [1.807, 2.05) is 11.8 Å².